The molecular weight excluding hydrogens is 236 g/mol. The molecule has 0 aliphatic carbocycles. The van der Waals surface area contributed by atoms with Crippen LogP contribution in [0.15, 0.2) is 27.4 Å². The highest BCUT2D eigenvalue weighted by molar-refractivity contribution is 5.72. The molecule has 0 saturated carbocycles. The molecule has 96 valence electrons. The highest BCUT2D eigenvalue weighted by Crippen LogP contribution is 2.20. The van der Waals surface area contributed by atoms with Crippen LogP contribution in [0.5, 0.6) is 0 Å². The van der Waals surface area contributed by atoms with Crippen LogP contribution >= 0.6 is 0 Å². The Kier molecular flexibility index (Phi) is 3.47. The maximum atomic E-state index is 11.0. The molecule has 2 aromatic rings. The molecule has 0 aliphatic heterocycles. The lowest BCUT2D eigenvalue weighted by Crippen LogP contribution is -2.10. The smallest absolute Gasteiger partial charge is 0.417 e. The number of aliphatic carboxylic acids is 1. The zero-order chi connectivity index (χ0) is 13.1. The third-order valence-corrected chi connectivity index (χ3v) is 2.78. The maximum Gasteiger partial charge on any atom is 0.417 e. The van der Waals surface area contributed by atoms with E-state index in [9.17, 15) is 9.59 Å². The number of hydrogen-bond acceptors (Lipinski definition) is 4. The molecule has 6 nitrogen and oxygen atoms in total. The number of hydrogen-bond donors (Lipinski definition) is 3. The van der Waals surface area contributed by atoms with E-state index in [1.54, 1.807) is 18.2 Å². The first-order valence-electron chi connectivity index (χ1n) is 5.66. The number of rotatable bonds is 5. The summed E-state index contributed by atoms with van der Waals surface area (Å²) >= 11 is 0. The van der Waals surface area contributed by atoms with Gasteiger partial charge in [-0.2, -0.15) is 0 Å². The van der Waals surface area contributed by atoms with Gasteiger partial charge in [0.05, 0.1) is 5.52 Å². The second-order valence-electron chi connectivity index (χ2n) is 4.16. The largest absolute Gasteiger partial charge is 0.481 e. The second-order valence-corrected chi connectivity index (χ2v) is 4.16. The number of aromatic amines is 1. The van der Waals surface area contributed by atoms with Crippen molar-refractivity contribution in [3.63, 3.8) is 0 Å². The minimum Gasteiger partial charge on any atom is -0.481 e. The van der Waals surface area contributed by atoms with Gasteiger partial charge in [0.1, 0.15) is 0 Å². The summed E-state index contributed by atoms with van der Waals surface area (Å²) in [5.41, 5.74) is 7.88. The zero-order valence-electron chi connectivity index (χ0n) is 9.68. The molecular formula is C12H14N2O4. The van der Waals surface area contributed by atoms with Gasteiger partial charge in [-0.05, 0) is 30.5 Å². The van der Waals surface area contributed by atoms with Crippen molar-refractivity contribution in [2.45, 2.75) is 25.3 Å². The summed E-state index contributed by atoms with van der Waals surface area (Å²) in [5, 5.41) is 8.55. The lowest BCUT2D eigenvalue weighted by atomic mass is 10.0. The molecule has 0 spiro atoms. The van der Waals surface area contributed by atoms with Crippen molar-refractivity contribution >= 4 is 17.1 Å². The van der Waals surface area contributed by atoms with Gasteiger partial charge in [0.15, 0.2) is 5.58 Å². The first kappa shape index (κ1) is 12.4. The van der Waals surface area contributed by atoms with Crippen molar-refractivity contribution in [1.82, 2.24) is 4.98 Å². The van der Waals surface area contributed by atoms with E-state index in [2.05, 4.69) is 4.98 Å². The molecule has 2 rings (SSSR count). The highest BCUT2D eigenvalue weighted by atomic mass is 16.4. The average molecular weight is 250 g/mol. The van der Waals surface area contributed by atoms with Gasteiger partial charge in [-0.15, -0.1) is 0 Å². The fourth-order valence-corrected chi connectivity index (χ4v) is 1.83. The molecule has 1 aromatic heterocycles. The fourth-order valence-electron chi connectivity index (χ4n) is 1.83. The number of fused-ring (bicyclic) bond motifs is 1. The fraction of sp³-hybridized carbons (Fsp3) is 0.333. The predicted molar refractivity (Wildman–Crippen MR) is 65.2 cm³/mol. The van der Waals surface area contributed by atoms with Crippen LogP contribution < -0.4 is 11.5 Å². The quantitative estimate of drug-likeness (QED) is 0.742. The molecule has 4 N–H and O–H groups in total. The SMILES string of the molecule is NC(CCCC(=O)O)c1ccc2[nH]c(=O)oc2c1. The Bertz CT molecular complexity index is 614. The van der Waals surface area contributed by atoms with Crippen LogP contribution in [-0.2, 0) is 4.79 Å². The summed E-state index contributed by atoms with van der Waals surface area (Å²) in [6.07, 6.45) is 1.20. The standard InChI is InChI=1S/C12H14N2O4/c13-8(2-1-3-11(15)16)7-4-5-9-10(6-7)18-12(17)14-9/h4-6,8H,1-3,13H2,(H,14,17)(H,15,16). The van der Waals surface area contributed by atoms with Gasteiger partial charge in [0.25, 0.3) is 0 Å². The summed E-state index contributed by atoms with van der Waals surface area (Å²) in [6.45, 7) is 0. The first-order valence-corrected chi connectivity index (χ1v) is 5.66. The lowest BCUT2D eigenvalue weighted by molar-refractivity contribution is -0.137. The molecule has 0 amide bonds. The minimum absolute atomic E-state index is 0.106. The molecule has 0 aliphatic rings. The maximum absolute atomic E-state index is 11.0. The number of benzene rings is 1. The van der Waals surface area contributed by atoms with E-state index >= 15 is 0 Å². The minimum atomic E-state index is -0.825. The van der Waals surface area contributed by atoms with Gasteiger partial charge in [-0.3, -0.25) is 9.78 Å². The summed E-state index contributed by atoms with van der Waals surface area (Å²) in [4.78, 5) is 23.9. The van der Waals surface area contributed by atoms with E-state index in [4.69, 9.17) is 15.3 Å². The summed E-state index contributed by atoms with van der Waals surface area (Å²) < 4.78 is 4.94. The molecule has 0 radical (unpaired) electrons. The molecule has 0 saturated heterocycles. The van der Waals surface area contributed by atoms with Crippen LogP contribution in [-0.4, -0.2) is 16.1 Å². The monoisotopic (exact) mass is 250 g/mol. The Morgan fingerprint density at radius 2 is 2.28 bits per heavy atom. The van der Waals surface area contributed by atoms with Crippen LogP contribution in [0.3, 0.4) is 0 Å². The van der Waals surface area contributed by atoms with Crippen molar-refractivity contribution in [3.05, 3.63) is 34.3 Å². The number of carboxylic acids is 1. The number of aromatic nitrogens is 1. The third kappa shape index (κ3) is 2.78. The Morgan fingerprint density at radius 1 is 1.50 bits per heavy atom. The van der Waals surface area contributed by atoms with Crippen LogP contribution in [0.2, 0.25) is 0 Å². The lowest BCUT2D eigenvalue weighted by Gasteiger charge is -2.10. The Morgan fingerprint density at radius 3 is 3.00 bits per heavy atom. The Labute approximate surface area is 102 Å². The summed E-state index contributed by atoms with van der Waals surface area (Å²) in [6, 6.07) is 4.98. The summed E-state index contributed by atoms with van der Waals surface area (Å²) in [5.74, 6) is -1.32. The van der Waals surface area contributed by atoms with Crippen LogP contribution in [0.25, 0.3) is 11.1 Å². The molecule has 18 heavy (non-hydrogen) atoms. The number of oxazole rings is 1. The van der Waals surface area contributed by atoms with Gasteiger partial charge in [0.2, 0.25) is 0 Å². The van der Waals surface area contributed by atoms with Gasteiger partial charge in [-0.1, -0.05) is 6.07 Å². The third-order valence-electron chi connectivity index (χ3n) is 2.78. The van der Waals surface area contributed by atoms with E-state index in [0.29, 0.717) is 23.9 Å². The molecule has 0 bridgehead atoms. The van der Waals surface area contributed by atoms with Crippen LogP contribution in [0, 0.1) is 0 Å². The molecule has 0 fully saturated rings. The predicted octanol–water partition coefficient (Wildman–Crippen LogP) is 1.38. The first-order chi connectivity index (χ1) is 8.56. The van der Waals surface area contributed by atoms with E-state index in [0.717, 1.165) is 5.56 Å². The molecule has 1 heterocycles. The van der Waals surface area contributed by atoms with Crippen molar-refractivity contribution < 1.29 is 14.3 Å². The van der Waals surface area contributed by atoms with Gasteiger partial charge in [0, 0.05) is 12.5 Å². The average Bonchev–Trinajstić information content (AvgIpc) is 2.67. The van der Waals surface area contributed by atoms with Gasteiger partial charge in [-0.25, -0.2) is 4.79 Å². The van der Waals surface area contributed by atoms with Crippen molar-refractivity contribution in [1.29, 1.82) is 0 Å². The van der Waals surface area contributed by atoms with E-state index in [-0.39, 0.29) is 12.5 Å². The molecule has 1 atom stereocenters. The normalized spacial score (nSPS) is 12.7. The van der Waals surface area contributed by atoms with Crippen LogP contribution in [0.1, 0.15) is 30.9 Å². The molecule has 6 heteroatoms. The van der Waals surface area contributed by atoms with E-state index in [1.165, 1.54) is 0 Å². The Balaban J connectivity index is 2.09. The zero-order valence-corrected chi connectivity index (χ0v) is 9.68. The van der Waals surface area contributed by atoms with Crippen molar-refractivity contribution in [2.24, 2.45) is 5.73 Å². The molecule has 1 unspecified atom stereocenters. The van der Waals surface area contributed by atoms with Crippen molar-refractivity contribution in [2.75, 3.05) is 0 Å². The Hall–Kier alpha value is -2.08. The van der Waals surface area contributed by atoms with Crippen LogP contribution in [0.4, 0.5) is 0 Å². The van der Waals surface area contributed by atoms with Gasteiger partial charge >= 0.3 is 11.7 Å². The van der Waals surface area contributed by atoms with Crippen molar-refractivity contribution in [3.8, 4) is 0 Å². The number of carboxylic acid groups (broad SMARTS) is 1. The van der Waals surface area contributed by atoms with E-state index < -0.39 is 11.7 Å². The number of nitrogens with two attached hydrogens (primary N) is 1. The number of nitrogens with one attached hydrogen (secondary N) is 1. The second kappa shape index (κ2) is 5.05. The van der Waals surface area contributed by atoms with Gasteiger partial charge < -0.3 is 15.3 Å². The highest BCUT2D eigenvalue weighted by Gasteiger charge is 2.09. The molecule has 1 aromatic carbocycles. The van der Waals surface area contributed by atoms with E-state index in [1.807, 2.05) is 0 Å². The number of carbonyl (C=O) groups is 1. The number of H-pyrrole nitrogens is 1. The topological polar surface area (TPSA) is 109 Å². The summed E-state index contributed by atoms with van der Waals surface area (Å²) in [7, 11) is 0.